The van der Waals surface area contributed by atoms with Crippen LogP contribution >= 0.6 is 0 Å². The van der Waals surface area contributed by atoms with Gasteiger partial charge in [0.25, 0.3) is 0 Å². The summed E-state index contributed by atoms with van der Waals surface area (Å²) in [7, 11) is 0. The molecule has 4 nitrogen and oxygen atoms in total. The van der Waals surface area contributed by atoms with Gasteiger partial charge in [-0.3, -0.25) is 0 Å². The predicted molar refractivity (Wildman–Crippen MR) is 270 cm³/mol. The monoisotopic (exact) mass is 815 g/mol. The van der Waals surface area contributed by atoms with Gasteiger partial charge in [0.15, 0.2) is 0 Å². The molecule has 0 N–H and O–H groups in total. The Balaban J connectivity index is 1.00. The highest BCUT2D eigenvalue weighted by Gasteiger charge is 2.21. The highest BCUT2D eigenvalue weighted by atomic mass is 16.3. The third-order valence-electron chi connectivity index (χ3n) is 13.4. The van der Waals surface area contributed by atoms with E-state index < -0.39 is 0 Å². The number of hydrogen-bond acceptors (Lipinski definition) is 2. The summed E-state index contributed by atoms with van der Waals surface area (Å²) < 4.78 is 11.3. The molecule has 298 valence electrons. The summed E-state index contributed by atoms with van der Waals surface area (Å²) in [6.07, 6.45) is 0. The van der Waals surface area contributed by atoms with E-state index >= 15 is 0 Å². The molecule has 0 spiro atoms. The minimum atomic E-state index is 0.864. The fraction of sp³-hybridized carbons (Fsp3) is 0. The van der Waals surface area contributed by atoms with Crippen LogP contribution in [-0.4, -0.2) is 9.13 Å². The molecule has 0 aliphatic carbocycles. The normalized spacial score (nSPS) is 12.1. The first-order chi connectivity index (χ1) is 31.7. The molecule has 0 aliphatic heterocycles. The lowest BCUT2D eigenvalue weighted by atomic mass is 9.94. The number of fused-ring (bicyclic) bond motifs is 15. The molecule has 14 aromatic rings. The molecule has 14 rings (SSSR count). The maximum absolute atomic E-state index is 6.52. The maximum atomic E-state index is 6.52. The summed E-state index contributed by atoms with van der Waals surface area (Å²) in [6, 6.07) is 81.6. The van der Waals surface area contributed by atoms with Gasteiger partial charge in [-0.05, 0) is 123 Å². The molecule has 3 heterocycles. The van der Waals surface area contributed by atoms with Crippen molar-refractivity contribution in [1.29, 1.82) is 0 Å². The van der Waals surface area contributed by atoms with Crippen LogP contribution in [0.25, 0.3) is 109 Å². The van der Waals surface area contributed by atoms with Gasteiger partial charge in [0.05, 0.1) is 22.1 Å². The van der Waals surface area contributed by atoms with Crippen molar-refractivity contribution < 1.29 is 4.42 Å². The summed E-state index contributed by atoms with van der Waals surface area (Å²) in [5.41, 5.74) is 11.9. The summed E-state index contributed by atoms with van der Waals surface area (Å²) in [5.74, 6) is 0. The van der Waals surface area contributed by atoms with E-state index in [1.807, 2.05) is 12.1 Å². The lowest BCUT2D eigenvalue weighted by Gasteiger charge is -2.26. The fourth-order valence-corrected chi connectivity index (χ4v) is 10.7. The van der Waals surface area contributed by atoms with E-state index in [1.54, 1.807) is 0 Å². The zero-order valence-electron chi connectivity index (χ0n) is 34.6. The van der Waals surface area contributed by atoms with Crippen molar-refractivity contribution in [2.75, 3.05) is 4.90 Å². The number of nitrogens with zero attached hydrogens (tertiary/aromatic N) is 3. The second-order valence-electron chi connectivity index (χ2n) is 16.9. The molecular formula is C60H37N3O. The number of furan rings is 1. The predicted octanol–water partition coefficient (Wildman–Crippen LogP) is 16.7. The van der Waals surface area contributed by atoms with Gasteiger partial charge in [0.2, 0.25) is 0 Å². The molecule has 0 atom stereocenters. The third kappa shape index (κ3) is 5.05. The molecule has 0 unspecified atom stereocenters. The summed E-state index contributed by atoms with van der Waals surface area (Å²) in [5, 5.41) is 14.6. The Morgan fingerprint density at radius 1 is 0.250 bits per heavy atom. The fourth-order valence-electron chi connectivity index (χ4n) is 10.7. The van der Waals surface area contributed by atoms with E-state index in [0.29, 0.717) is 0 Å². The van der Waals surface area contributed by atoms with Gasteiger partial charge in [-0.2, -0.15) is 0 Å². The molecule has 11 aromatic carbocycles. The van der Waals surface area contributed by atoms with Crippen LogP contribution < -0.4 is 4.90 Å². The standard InChI is InChI=1S/C60H37N3O/c1-2-14-38(15-3-1)62-55-23-11-8-20-48(55)54-36-41(29-33-57(54)62)63-56-24-12-9-21-49(56)53-35-40(28-32-58(53)63)61(42-27-31-51-50-22-10-13-25-59(50)64-60(51)37-42)39-26-30-47-45-18-5-4-16-43(45)44-17-6-7-19-46(44)52(47)34-39/h1-37H. The lowest BCUT2D eigenvalue weighted by Crippen LogP contribution is -2.10. The van der Waals surface area contributed by atoms with Crippen molar-refractivity contribution in [2.24, 2.45) is 0 Å². The minimum absolute atomic E-state index is 0.864. The Morgan fingerprint density at radius 3 is 1.34 bits per heavy atom. The average molecular weight is 816 g/mol. The number of hydrogen-bond donors (Lipinski definition) is 0. The van der Waals surface area contributed by atoms with Crippen LogP contribution in [0, 0.1) is 0 Å². The van der Waals surface area contributed by atoms with Gasteiger partial charge >= 0.3 is 0 Å². The average Bonchev–Trinajstić information content (AvgIpc) is 4.01. The van der Waals surface area contributed by atoms with Crippen molar-refractivity contribution in [3.63, 3.8) is 0 Å². The van der Waals surface area contributed by atoms with Crippen molar-refractivity contribution >= 4 is 115 Å². The van der Waals surface area contributed by atoms with Crippen molar-refractivity contribution in [3.8, 4) is 11.4 Å². The number of anilines is 3. The van der Waals surface area contributed by atoms with Crippen LogP contribution in [-0.2, 0) is 0 Å². The van der Waals surface area contributed by atoms with Crippen LogP contribution in [0.4, 0.5) is 17.1 Å². The molecule has 0 amide bonds. The number of aromatic nitrogens is 2. The first kappa shape index (κ1) is 35.0. The molecule has 0 radical (unpaired) electrons. The first-order valence-electron chi connectivity index (χ1n) is 21.9. The zero-order chi connectivity index (χ0) is 41.9. The first-order valence-corrected chi connectivity index (χ1v) is 21.9. The Morgan fingerprint density at radius 2 is 0.672 bits per heavy atom. The van der Waals surface area contributed by atoms with E-state index in [-0.39, 0.29) is 0 Å². The highest BCUT2D eigenvalue weighted by Crippen LogP contribution is 2.45. The molecule has 0 fully saturated rings. The molecular weight excluding hydrogens is 779 g/mol. The van der Waals surface area contributed by atoms with Crippen LogP contribution in [0.1, 0.15) is 0 Å². The maximum Gasteiger partial charge on any atom is 0.137 e. The molecule has 64 heavy (non-hydrogen) atoms. The number of benzene rings is 11. The summed E-state index contributed by atoms with van der Waals surface area (Å²) >= 11 is 0. The second kappa shape index (κ2) is 13.4. The quantitative estimate of drug-likeness (QED) is 0.162. The van der Waals surface area contributed by atoms with E-state index in [0.717, 1.165) is 55.9 Å². The highest BCUT2D eigenvalue weighted by molar-refractivity contribution is 6.26. The van der Waals surface area contributed by atoms with Crippen LogP contribution in [0.3, 0.4) is 0 Å². The van der Waals surface area contributed by atoms with Crippen LogP contribution in [0.15, 0.2) is 229 Å². The Hall–Kier alpha value is -8.60. The molecule has 4 heteroatoms. The largest absolute Gasteiger partial charge is 0.456 e. The summed E-state index contributed by atoms with van der Waals surface area (Å²) in [6.45, 7) is 0. The topological polar surface area (TPSA) is 26.2 Å². The van der Waals surface area contributed by atoms with Gasteiger partial charge in [0, 0.05) is 66.8 Å². The van der Waals surface area contributed by atoms with Gasteiger partial charge in [-0.1, -0.05) is 127 Å². The van der Waals surface area contributed by atoms with Gasteiger partial charge in [-0.25, -0.2) is 0 Å². The third-order valence-corrected chi connectivity index (χ3v) is 13.4. The van der Waals surface area contributed by atoms with Crippen LogP contribution in [0.5, 0.6) is 0 Å². The van der Waals surface area contributed by atoms with Gasteiger partial charge in [-0.15, -0.1) is 0 Å². The zero-order valence-corrected chi connectivity index (χ0v) is 34.6. The summed E-state index contributed by atoms with van der Waals surface area (Å²) in [4.78, 5) is 2.39. The Kier molecular flexibility index (Phi) is 7.36. The van der Waals surface area contributed by atoms with Crippen molar-refractivity contribution in [3.05, 3.63) is 224 Å². The molecule has 0 saturated heterocycles. The Labute approximate surface area is 367 Å². The second-order valence-corrected chi connectivity index (χ2v) is 16.9. The van der Waals surface area contributed by atoms with Crippen LogP contribution in [0.2, 0.25) is 0 Å². The molecule has 0 aliphatic rings. The SMILES string of the molecule is c1ccc(-n2c3ccccc3c3cc(-n4c5ccccc5c5cc(N(c6ccc7c(c6)oc6ccccc67)c6ccc7c8ccccc8c8ccccc8c7c6)ccc54)ccc32)cc1. The van der Waals surface area contributed by atoms with E-state index in [1.165, 1.54) is 70.4 Å². The molecule has 3 aromatic heterocycles. The lowest BCUT2D eigenvalue weighted by molar-refractivity contribution is 0.669. The smallest absolute Gasteiger partial charge is 0.137 e. The molecule has 0 bridgehead atoms. The van der Waals surface area contributed by atoms with Gasteiger partial charge in [0.1, 0.15) is 11.2 Å². The number of rotatable bonds is 5. The van der Waals surface area contributed by atoms with Gasteiger partial charge < -0.3 is 18.5 Å². The minimum Gasteiger partial charge on any atom is -0.456 e. The Bertz CT molecular complexity index is 4170. The van der Waals surface area contributed by atoms with E-state index in [2.05, 4.69) is 226 Å². The van der Waals surface area contributed by atoms with Crippen molar-refractivity contribution in [1.82, 2.24) is 9.13 Å². The van der Waals surface area contributed by atoms with E-state index in [4.69, 9.17) is 4.42 Å². The number of para-hydroxylation sites is 4. The molecule has 0 saturated carbocycles. The van der Waals surface area contributed by atoms with E-state index in [9.17, 15) is 0 Å². The van der Waals surface area contributed by atoms with Crippen molar-refractivity contribution in [2.45, 2.75) is 0 Å².